The number of ether oxygens (including phenoxy) is 1. The van der Waals surface area contributed by atoms with Crippen LogP contribution in [0.25, 0.3) is 5.76 Å². The number of carboxylic acids is 1. The Hall–Kier alpha value is -1.48. The number of benzene rings is 1. The molecule has 0 spiro atoms. The molecule has 0 bridgehead atoms. The van der Waals surface area contributed by atoms with Gasteiger partial charge in [0.2, 0.25) is 0 Å². The number of aliphatic hydroxyl groups excluding tert-OH is 1. The Morgan fingerprint density at radius 3 is 2.52 bits per heavy atom. The van der Waals surface area contributed by atoms with Crippen molar-refractivity contribution >= 4 is 49.8 Å². The summed E-state index contributed by atoms with van der Waals surface area (Å²) in [6.07, 6.45) is 2.83. The highest BCUT2D eigenvalue weighted by Crippen LogP contribution is 2.39. The number of halogens is 4. The minimum atomic E-state index is -3.07. The Labute approximate surface area is 146 Å². The van der Waals surface area contributed by atoms with E-state index in [1.165, 1.54) is 12.1 Å². The molecular formula is C14H11Br2F2NO4. The molecule has 0 aliphatic heterocycles. The van der Waals surface area contributed by atoms with Gasteiger partial charge in [-0.15, -0.1) is 0 Å². The van der Waals surface area contributed by atoms with Gasteiger partial charge in [-0.25, -0.2) is 4.79 Å². The number of aliphatic imine (C=N–C) groups is 1. The van der Waals surface area contributed by atoms with E-state index < -0.39 is 23.9 Å². The highest BCUT2D eigenvalue weighted by molar-refractivity contribution is 9.11. The number of hydrogen-bond donors (Lipinski definition) is 2. The second-order valence-corrected chi connectivity index (χ2v) is 6.34. The Morgan fingerprint density at radius 2 is 2.00 bits per heavy atom. The number of hydrogen-bond acceptors (Lipinski definition) is 4. The molecule has 2 rings (SSSR count). The monoisotopic (exact) mass is 453 g/mol. The van der Waals surface area contributed by atoms with Crippen molar-refractivity contribution in [2.24, 2.45) is 4.99 Å². The fourth-order valence-corrected chi connectivity index (χ4v) is 3.00. The van der Waals surface area contributed by atoms with Gasteiger partial charge in [-0.05, 0) is 56.8 Å². The van der Waals surface area contributed by atoms with Gasteiger partial charge in [0.25, 0.3) is 0 Å². The predicted molar refractivity (Wildman–Crippen MR) is 87.2 cm³/mol. The Balaban J connectivity index is 2.49. The van der Waals surface area contributed by atoms with Crippen LogP contribution < -0.4 is 4.74 Å². The molecule has 23 heavy (non-hydrogen) atoms. The molecule has 0 atom stereocenters. The first-order valence-corrected chi connectivity index (χ1v) is 8.02. The first-order valence-electron chi connectivity index (χ1n) is 6.44. The summed E-state index contributed by atoms with van der Waals surface area (Å²) >= 11 is 6.11. The zero-order valence-electron chi connectivity index (χ0n) is 11.5. The summed E-state index contributed by atoms with van der Waals surface area (Å²) in [5, 5.41) is 19.4. The van der Waals surface area contributed by atoms with Gasteiger partial charge in [0, 0.05) is 11.8 Å². The van der Waals surface area contributed by atoms with Crippen molar-refractivity contribution in [3.8, 4) is 5.75 Å². The van der Waals surface area contributed by atoms with Crippen LogP contribution in [0.4, 0.5) is 8.78 Å². The lowest BCUT2D eigenvalue weighted by molar-refractivity contribution is -0.132. The lowest BCUT2D eigenvalue weighted by Gasteiger charge is -2.13. The average molecular weight is 455 g/mol. The number of carboxylic acid groups (broad SMARTS) is 1. The van der Waals surface area contributed by atoms with E-state index in [1.807, 2.05) is 0 Å². The van der Waals surface area contributed by atoms with Crippen LogP contribution in [0.2, 0.25) is 0 Å². The largest absolute Gasteiger partial charge is 0.506 e. The molecule has 1 saturated carbocycles. The first-order chi connectivity index (χ1) is 10.8. The number of aliphatic hydroxyl groups is 1. The fourth-order valence-electron chi connectivity index (χ4n) is 1.68. The van der Waals surface area contributed by atoms with Crippen LogP contribution >= 0.6 is 31.9 Å². The summed E-state index contributed by atoms with van der Waals surface area (Å²) in [6.45, 7) is -3.07. The smallest absolute Gasteiger partial charge is 0.387 e. The van der Waals surface area contributed by atoms with Gasteiger partial charge >= 0.3 is 12.6 Å². The van der Waals surface area contributed by atoms with E-state index in [2.05, 4.69) is 41.6 Å². The maximum atomic E-state index is 12.5. The van der Waals surface area contributed by atoms with Crippen LogP contribution in [-0.4, -0.2) is 35.1 Å². The third-order valence-electron chi connectivity index (χ3n) is 2.96. The van der Waals surface area contributed by atoms with E-state index >= 15 is 0 Å². The lowest BCUT2D eigenvalue weighted by atomic mass is 10.1. The fraction of sp³-hybridized carbons (Fsp3) is 0.286. The molecule has 0 unspecified atom stereocenters. The molecule has 0 radical (unpaired) electrons. The van der Waals surface area contributed by atoms with Gasteiger partial charge < -0.3 is 14.9 Å². The van der Waals surface area contributed by atoms with E-state index in [0.29, 0.717) is 0 Å². The highest BCUT2D eigenvalue weighted by Gasteiger charge is 2.23. The molecule has 9 heteroatoms. The van der Waals surface area contributed by atoms with Crippen molar-refractivity contribution in [1.29, 1.82) is 0 Å². The normalized spacial score (nSPS) is 15.9. The van der Waals surface area contributed by atoms with Crippen molar-refractivity contribution in [2.45, 2.75) is 25.5 Å². The standard InChI is InChI=1S/C14H11Br2F2NO4/c15-9-4-3-7(10(16)12(9)23-14(17)18)11(20)8(13(21)22)5-19-6-1-2-6/h3-6,14,20H,1-2H2,(H,21,22). The average Bonchev–Trinajstić information content (AvgIpc) is 3.27. The van der Waals surface area contributed by atoms with Crippen LogP contribution in [0.1, 0.15) is 18.4 Å². The molecule has 2 N–H and O–H groups in total. The predicted octanol–water partition coefficient (Wildman–Crippen LogP) is 4.40. The molecule has 0 heterocycles. The van der Waals surface area contributed by atoms with E-state index in [-0.39, 0.29) is 26.3 Å². The lowest BCUT2D eigenvalue weighted by Crippen LogP contribution is -2.08. The number of carbonyl (C=O) groups is 1. The summed E-state index contributed by atoms with van der Waals surface area (Å²) in [7, 11) is 0. The Morgan fingerprint density at radius 1 is 1.35 bits per heavy atom. The minimum Gasteiger partial charge on any atom is -0.506 e. The van der Waals surface area contributed by atoms with Crippen LogP contribution in [0.15, 0.2) is 31.6 Å². The number of nitrogens with zero attached hydrogens (tertiary/aromatic N) is 1. The quantitative estimate of drug-likeness (QED) is 0.379. The number of rotatable bonds is 6. The Kier molecular flexibility index (Phi) is 5.74. The summed E-state index contributed by atoms with van der Waals surface area (Å²) in [6, 6.07) is 2.81. The maximum Gasteiger partial charge on any atom is 0.387 e. The zero-order valence-corrected chi connectivity index (χ0v) is 14.6. The van der Waals surface area contributed by atoms with Gasteiger partial charge in [-0.1, -0.05) is 0 Å². The van der Waals surface area contributed by atoms with Gasteiger partial charge in [-0.2, -0.15) is 8.78 Å². The number of aliphatic carboxylic acids is 1. The molecular weight excluding hydrogens is 444 g/mol. The molecule has 0 saturated heterocycles. The van der Waals surface area contributed by atoms with Crippen LogP contribution in [-0.2, 0) is 4.79 Å². The third kappa shape index (κ3) is 4.51. The van der Waals surface area contributed by atoms with Crippen molar-refractivity contribution in [2.75, 3.05) is 0 Å². The summed E-state index contributed by atoms with van der Waals surface area (Å²) in [5.74, 6) is -2.22. The van der Waals surface area contributed by atoms with E-state index in [0.717, 1.165) is 19.1 Å². The summed E-state index contributed by atoms with van der Waals surface area (Å²) in [5.41, 5.74) is -0.425. The van der Waals surface area contributed by atoms with Crippen molar-refractivity contribution in [1.82, 2.24) is 0 Å². The van der Waals surface area contributed by atoms with Crippen LogP contribution in [0.5, 0.6) is 5.75 Å². The van der Waals surface area contributed by atoms with Gasteiger partial charge in [0.15, 0.2) is 5.75 Å². The molecule has 0 aromatic heterocycles. The molecule has 1 aliphatic rings. The summed E-state index contributed by atoms with van der Waals surface area (Å²) < 4.78 is 29.5. The molecule has 1 aromatic carbocycles. The number of alkyl halides is 2. The zero-order chi connectivity index (χ0) is 17.1. The third-order valence-corrected chi connectivity index (χ3v) is 4.37. The molecule has 1 fully saturated rings. The van der Waals surface area contributed by atoms with Crippen molar-refractivity contribution in [3.05, 3.63) is 32.2 Å². The molecule has 0 amide bonds. The Bertz CT molecular complexity index is 688. The van der Waals surface area contributed by atoms with E-state index in [9.17, 15) is 23.8 Å². The second kappa shape index (κ2) is 7.39. The molecule has 124 valence electrons. The van der Waals surface area contributed by atoms with Gasteiger partial charge in [0.1, 0.15) is 11.3 Å². The van der Waals surface area contributed by atoms with Crippen molar-refractivity contribution in [3.63, 3.8) is 0 Å². The SMILES string of the molecule is O=C(O)C(C=NC1CC1)=C(O)c1ccc(Br)c(OC(F)F)c1Br. The summed E-state index contributed by atoms with van der Waals surface area (Å²) in [4.78, 5) is 15.3. The van der Waals surface area contributed by atoms with E-state index in [4.69, 9.17) is 0 Å². The molecule has 1 aliphatic carbocycles. The molecule has 1 aromatic rings. The first kappa shape index (κ1) is 17.9. The second-order valence-electron chi connectivity index (χ2n) is 4.69. The maximum absolute atomic E-state index is 12.5. The van der Waals surface area contributed by atoms with E-state index in [1.54, 1.807) is 0 Å². The topological polar surface area (TPSA) is 79.1 Å². The van der Waals surface area contributed by atoms with Crippen LogP contribution in [0, 0.1) is 0 Å². The molecule has 5 nitrogen and oxygen atoms in total. The van der Waals surface area contributed by atoms with Crippen molar-refractivity contribution < 1.29 is 28.5 Å². The minimum absolute atomic E-state index is 0.00301. The van der Waals surface area contributed by atoms with Crippen LogP contribution in [0.3, 0.4) is 0 Å². The van der Waals surface area contributed by atoms with Gasteiger partial charge in [-0.3, -0.25) is 4.99 Å². The van der Waals surface area contributed by atoms with Gasteiger partial charge in [0.05, 0.1) is 15.0 Å². The highest BCUT2D eigenvalue weighted by atomic mass is 79.9.